The molecule has 1 N–H and O–H groups in total. The summed E-state index contributed by atoms with van der Waals surface area (Å²) in [4.78, 5) is 30.9. The number of nitrogens with zero attached hydrogens (tertiary/aromatic N) is 2. The predicted octanol–water partition coefficient (Wildman–Crippen LogP) is 22.3. The van der Waals surface area contributed by atoms with Crippen molar-refractivity contribution >= 4 is 83.1 Å². The Hall–Kier alpha value is -10.6. The second-order valence-electron chi connectivity index (χ2n) is 29.5. The van der Waals surface area contributed by atoms with Gasteiger partial charge in [-0.1, -0.05) is 247 Å². The molecule has 99 heavy (non-hydrogen) atoms. The quantitative estimate of drug-likeness (QED) is 0.0503. The average Bonchev–Trinajstić information content (AvgIpc) is 1.59. The predicted molar refractivity (Wildman–Crippen MR) is 416 cm³/mol. The number of rotatable bonds is 23. The summed E-state index contributed by atoms with van der Waals surface area (Å²) < 4.78 is 19.7. The molecular weight excluding hydrogens is 1220 g/mol. The van der Waals surface area contributed by atoms with E-state index in [0.29, 0.717) is 37.6 Å². The summed E-state index contributed by atoms with van der Waals surface area (Å²) in [7, 11) is 0. The van der Waals surface area contributed by atoms with Crippen LogP contribution in [0.5, 0.6) is 23.0 Å². The summed E-state index contributed by atoms with van der Waals surface area (Å²) in [5.74, 6) is 3.09. The normalized spacial score (nSPS) is 14.7. The summed E-state index contributed by atoms with van der Waals surface area (Å²) in [5.41, 5.74) is 22.5. The van der Waals surface area contributed by atoms with Gasteiger partial charge in [0, 0.05) is 50.0 Å². The van der Waals surface area contributed by atoms with Crippen molar-refractivity contribution in [3.8, 4) is 45.3 Å². The lowest BCUT2D eigenvalue weighted by Gasteiger charge is -2.29. The Morgan fingerprint density at radius 1 is 0.394 bits per heavy atom. The molecule has 2 aliphatic carbocycles. The van der Waals surface area contributed by atoms with Crippen molar-refractivity contribution in [2.75, 3.05) is 24.7 Å². The molecule has 0 bridgehead atoms. The molecule has 8 heteroatoms. The van der Waals surface area contributed by atoms with Gasteiger partial charge < -0.3 is 24.2 Å². The summed E-state index contributed by atoms with van der Waals surface area (Å²) >= 11 is 0. The van der Waals surface area contributed by atoms with Crippen molar-refractivity contribution in [2.45, 2.75) is 106 Å². The van der Waals surface area contributed by atoms with Gasteiger partial charge in [0.2, 0.25) is 5.43 Å². The molecule has 0 aromatic heterocycles. The number of allylic oxidation sites excluding steroid dienone is 1. The number of aliphatic imine (C=N–C) groups is 1. The van der Waals surface area contributed by atoms with Crippen LogP contribution in [0.1, 0.15) is 167 Å². The van der Waals surface area contributed by atoms with E-state index in [1.165, 1.54) is 50.6 Å². The molecule has 1 heterocycles. The smallest absolute Gasteiger partial charge is 0.268 e. The Morgan fingerprint density at radius 3 is 1.42 bits per heavy atom. The number of benzene rings is 9. The monoisotopic (exact) mass is 1300 g/mol. The first-order valence-corrected chi connectivity index (χ1v) is 34.9. The van der Waals surface area contributed by atoms with Gasteiger partial charge in [0.05, 0.1) is 36.8 Å². The van der Waals surface area contributed by atoms with E-state index in [2.05, 4.69) is 300 Å². The summed E-state index contributed by atoms with van der Waals surface area (Å²) in [6, 6.07) is 65.8. The third-order valence-corrected chi connectivity index (χ3v) is 19.8. The van der Waals surface area contributed by atoms with Crippen molar-refractivity contribution in [1.82, 2.24) is 0 Å². The first kappa shape index (κ1) is 67.0. The van der Waals surface area contributed by atoms with E-state index in [4.69, 9.17) is 19.2 Å². The van der Waals surface area contributed by atoms with Gasteiger partial charge in [-0.25, -0.2) is 0 Å². The van der Waals surface area contributed by atoms with Gasteiger partial charge in [-0.05, 0) is 181 Å². The zero-order valence-electron chi connectivity index (χ0n) is 59.0. The highest BCUT2D eigenvalue weighted by Gasteiger charge is 2.38. The maximum Gasteiger partial charge on any atom is 0.268 e. The summed E-state index contributed by atoms with van der Waals surface area (Å²) in [6.45, 7) is 28.5. The first-order valence-electron chi connectivity index (χ1n) is 34.9. The van der Waals surface area contributed by atoms with Gasteiger partial charge in [0.15, 0.2) is 5.75 Å². The minimum absolute atomic E-state index is 0.0340. The lowest BCUT2D eigenvalue weighted by molar-refractivity contribution is 0.270. The van der Waals surface area contributed by atoms with Crippen LogP contribution < -0.4 is 30.0 Å². The van der Waals surface area contributed by atoms with Crippen LogP contribution in [0.15, 0.2) is 203 Å². The van der Waals surface area contributed by atoms with E-state index in [0.717, 1.165) is 102 Å². The number of aromatic hydroxyl groups is 1. The van der Waals surface area contributed by atoms with Gasteiger partial charge in [0.25, 0.3) is 5.43 Å². The maximum absolute atomic E-state index is 11.9. The lowest BCUT2D eigenvalue weighted by Crippen LogP contribution is -2.32. The molecule has 8 nitrogen and oxygen atoms in total. The zero-order chi connectivity index (χ0) is 69.5. The minimum atomic E-state index is -0.845. The van der Waals surface area contributed by atoms with Crippen molar-refractivity contribution in [3.63, 3.8) is 0 Å². The fourth-order valence-corrected chi connectivity index (χ4v) is 13.9. The van der Waals surface area contributed by atoms with Crippen LogP contribution in [-0.2, 0) is 16.2 Å². The lowest BCUT2D eigenvalue weighted by atomic mass is 9.80. The molecule has 0 fully saturated rings. The van der Waals surface area contributed by atoms with Crippen molar-refractivity contribution in [1.29, 1.82) is 0 Å². The van der Waals surface area contributed by atoms with E-state index >= 15 is 0 Å². The molecule has 0 atom stereocenters. The Bertz CT molecular complexity index is 5010. The third kappa shape index (κ3) is 13.6. The maximum atomic E-state index is 11.9. The SMILES string of the molecule is CC(C)CCOc1cc(/C=C/c2ccc(/C=C/c3ccc(/C=C/C4=Nc5ccc(/C=C/c6c(O)c(=O)c6=O)cc5C4(C)C)cc3OCC(C)C)cc2OCC(C)C)ccc1/C=C/c1ccc(N(c2ccc3c(c2)-c2ccccc2C3(C)C)c2ccc3c(c2)C(C)(C)c2ccccc2-3)cc1. The molecular formula is C91H88N2O6. The van der Waals surface area contributed by atoms with Crippen molar-refractivity contribution in [2.24, 2.45) is 22.7 Å². The van der Waals surface area contributed by atoms with E-state index in [9.17, 15) is 14.7 Å². The Kier molecular flexibility index (Phi) is 18.5. The van der Waals surface area contributed by atoms with Crippen LogP contribution in [0, 0.1) is 17.8 Å². The van der Waals surface area contributed by atoms with E-state index < -0.39 is 22.0 Å². The van der Waals surface area contributed by atoms with Crippen LogP contribution in [0.2, 0.25) is 0 Å². The molecule has 1 aliphatic heterocycles. The molecule has 0 spiro atoms. The van der Waals surface area contributed by atoms with E-state index in [1.807, 2.05) is 18.2 Å². The number of fused-ring (bicyclic) bond motifs is 7. The van der Waals surface area contributed by atoms with Gasteiger partial charge in [-0.3, -0.25) is 14.6 Å². The first-order chi connectivity index (χ1) is 47.5. The largest absolute Gasteiger partial charge is 0.504 e. The highest BCUT2D eigenvalue weighted by Crippen LogP contribution is 2.53. The van der Waals surface area contributed by atoms with Gasteiger partial charge in [-0.2, -0.15) is 0 Å². The second kappa shape index (κ2) is 27.4. The Morgan fingerprint density at radius 2 is 0.848 bits per heavy atom. The van der Waals surface area contributed by atoms with Gasteiger partial charge in [0.1, 0.15) is 17.2 Å². The number of hydrogen-bond acceptors (Lipinski definition) is 8. The topological polar surface area (TPSA) is 97.7 Å². The molecule has 10 aromatic rings. The molecule has 0 radical (unpaired) electrons. The van der Waals surface area contributed by atoms with Crippen molar-refractivity contribution in [3.05, 3.63) is 286 Å². The number of anilines is 3. The average molecular weight is 1310 g/mol. The Labute approximate surface area is 584 Å². The summed E-state index contributed by atoms with van der Waals surface area (Å²) in [6.07, 6.45) is 21.2. The fraction of sp³-hybridized carbons (Fsp3) is 0.242. The van der Waals surface area contributed by atoms with E-state index in [1.54, 1.807) is 6.08 Å². The molecule has 13 rings (SSSR count). The third-order valence-electron chi connectivity index (χ3n) is 19.8. The van der Waals surface area contributed by atoms with Crippen molar-refractivity contribution < 1.29 is 19.3 Å². The molecule has 498 valence electrons. The van der Waals surface area contributed by atoms with Crippen LogP contribution in [0.3, 0.4) is 0 Å². The van der Waals surface area contributed by atoms with Crippen LogP contribution in [0.25, 0.3) is 76.9 Å². The van der Waals surface area contributed by atoms with Gasteiger partial charge in [-0.15, -0.1) is 0 Å². The number of ether oxygens (including phenoxy) is 3. The van der Waals surface area contributed by atoms with Crippen LogP contribution >= 0.6 is 0 Å². The highest BCUT2D eigenvalue weighted by molar-refractivity contribution is 6.10. The fourth-order valence-electron chi connectivity index (χ4n) is 13.9. The molecule has 10 aromatic carbocycles. The van der Waals surface area contributed by atoms with E-state index in [-0.39, 0.29) is 16.4 Å². The van der Waals surface area contributed by atoms with Gasteiger partial charge >= 0.3 is 0 Å². The molecule has 0 amide bonds. The minimum Gasteiger partial charge on any atom is -0.504 e. The zero-order valence-corrected chi connectivity index (χ0v) is 59.0. The molecule has 3 aliphatic rings. The molecule has 0 saturated heterocycles. The highest BCUT2D eigenvalue weighted by atomic mass is 16.5. The van der Waals surface area contributed by atoms with Crippen LogP contribution in [0.4, 0.5) is 22.7 Å². The summed E-state index contributed by atoms with van der Waals surface area (Å²) in [5, 5.41) is 9.86. The molecule has 0 saturated carbocycles. The standard InChI is InChI=1S/C91H88N2O6/c1-57(2)47-48-97-82-50-62(22-33-65(82)32-21-60-27-38-68(39-28-60)93(69-41-44-78-75(53-69)72-18-14-16-20-77(72)89(78,7)8)70-40-43-73-71-17-13-15-19-76(71)90(9,10)79(73)54-70)23-34-66-35-24-63(51-83(66)98-55-58(3)4)25-36-67-37-26-64(52-84(67)99-56-59(5)6)31-46-85-91(11,12)80-49-61(30-45-81(80)92-85)29-42-74-86(94)88(96)87(74)95/h13-46,49-54,57-59,94H,47-48,55-56H2,1-12H3/b32-21+,34-23+,36-25+,42-29+,46-31+. The Balaban J connectivity index is 0.737. The second-order valence-corrected chi connectivity index (χ2v) is 29.5. The van der Waals surface area contributed by atoms with Crippen LogP contribution in [-0.4, -0.2) is 30.6 Å². The molecule has 0 unspecified atom stereocenters. The number of hydrogen-bond donors (Lipinski definition) is 1.